The second-order valence-corrected chi connectivity index (χ2v) is 8.23. The number of nitrogens with zero attached hydrogens (tertiary/aromatic N) is 4. The third-order valence-corrected chi connectivity index (χ3v) is 6.52. The summed E-state index contributed by atoms with van der Waals surface area (Å²) in [4.78, 5) is 32.4. The first-order chi connectivity index (χ1) is 13.6. The van der Waals surface area contributed by atoms with Crippen LogP contribution in [0.2, 0.25) is 0 Å². The van der Waals surface area contributed by atoms with Crippen LogP contribution in [0.25, 0.3) is 0 Å². The van der Waals surface area contributed by atoms with Gasteiger partial charge in [-0.2, -0.15) is 4.98 Å². The third-order valence-electron chi connectivity index (χ3n) is 6.52. The molecular weight excluding hydrogens is 358 g/mol. The zero-order valence-corrected chi connectivity index (χ0v) is 16.0. The lowest BCUT2D eigenvalue weighted by Crippen LogP contribution is -2.53. The Labute approximate surface area is 162 Å². The van der Waals surface area contributed by atoms with E-state index in [0.717, 1.165) is 43.9 Å². The molecule has 148 valence electrons. The van der Waals surface area contributed by atoms with E-state index in [4.69, 9.17) is 4.52 Å². The Morgan fingerprint density at radius 1 is 1.21 bits per heavy atom. The number of carbonyl (C=O) groups is 1. The van der Waals surface area contributed by atoms with Gasteiger partial charge in [-0.15, -0.1) is 0 Å². The third kappa shape index (κ3) is 2.87. The van der Waals surface area contributed by atoms with Crippen LogP contribution in [0.15, 0.2) is 27.5 Å². The molecule has 2 aromatic rings. The molecule has 0 unspecified atom stereocenters. The zero-order chi connectivity index (χ0) is 19.3. The summed E-state index contributed by atoms with van der Waals surface area (Å²) in [6, 6.07) is 4.98. The van der Waals surface area contributed by atoms with Gasteiger partial charge in [-0.3, -0.25) is 14.2 Å². The predicted molar refractivity (Wildman–Crippen MR) is 101 cm³/mol. The summed E-state index contributed by atoms with van der Waals surface area (Å²) in [6.07, 6.45) is 2.60. The predicted octanol–water partition coefficient (Wildman–Crippen LogP) is 1.19. The van der Waals surface area contributed by atoms with Crippen LogP contribution < -0.4 is 10.9 Å². The van der Waals surface area contributed by atoms with Crippen molar-refractivity contribution < 1.29 is 9.32 Å². The first-order valence-corrected chi connectivity index (χ1v) is 10.1. The van der Waals surface area contributed by atoms with Crippen LogP contribution in [0.5, 0.6) is 0 Å². The van der Waals surface area contributed by atoms with Gasteiger partial charge in [-0.1, -0.05) is 11.2 Å². The first-order valence-electron chi connectivity index (χ1n) is 10.1. The van der Waals surface area contributed by atoms with Crippen LogP contribution in [-0.4, -0.2) is 51.7 Å². The maximum atomic E-state index is 13.5. The fourth-order valence-corrected chi connectivity index (χ4v) is 5.14. The molecule has 5 heterocycles. The van der Waals surface area contributed by atoms with E-state index in [1.54, 1.807) is 17.6 Å². The van der Waals surface area contributed by atoms with E-state index in [2.05, 4.69) is 15.5 Å². The van der Waals surface area contributed by atoms with Crippen molar-refractivity contribution in [2.45, 2.75) is 44.1 Å². The van der Waals surface area contributed by atoms with E-state index in [1.165, 1.54) is 0 Å². The van der Waals surface area contributed by atoms with E-state index in [-0.39, 0.29) is 23.3 Å². The number of hydrogen-bond acceptors (Lipinski definition) is 6. The number of pyridine rings is 1. The van der Waals surface area contributed by atoms with Gasteiger partial charge in [0.2, 0.25) is 11.8 Å². The van der Waals surface area contributed by atoms with Crippen molar-refractivity contribution >= 4 is 5.91 Å². The number of aromatic nitrogens is 3. The van der Waals surface area contributed by atoms with Gasteiger partial charge in [0.15, 0.2) is 5.82 Å². The zero-order valence-electron chi connectivity index (χ0n) is 16.0. The average Bonchev–Trinajstić information content (AvgIpc) is 3.15. The van der Waals surface area contributed by atoms with Gasteiger partial charge in [-0.25, -0.2) is 0 Å². The van der Waals surface area contributed by atoms with Gasteiger partial charge in [0.25, 0.3) is 5.56 Å². The Morgan fingerprint density at radius 3 is 2.79 bits per heavy atom. The minimum atomic E-state index is -0.406. The Morgan fingerprint density at radius 2 is 2.04 bits per heavy atom. The second-order valence-electron chi connectivity index (χ2n) is 8.23. The molecule has 3 atom stereocenters. The summed E-state index contributed by atoms with van der Waals surface area (Å²) in [6.45, 7) is 4.77. The Hall–Kier alpha value is -2.48. The molecule has 2 bridgehead atoms. The van der Waals surface area contributed by atoms with Crippen molar-refractivity contribution in [1.82, 2.24) is 24.9 Å². The van der Waals surface area contributed by atoms with E-state index < -0.39 is 6.04 Å². The molecule has 2 aromatic heterocycles. The topological polar surface area (TPSA) is 93.3 Å². The maximum Gasteiger partial charge on any atom is 0.251 e. The smallest absolute Gasteiger partial charge is 0.251 e. The number of amides is 1. The van der Waals surface area contributed by atoms with Crippen molar-refractivity contribution in [1.29, 1.82) is 0 Å². The minimum absolute atomic E-state index is 0.0652. The van der Waals surface area contributed by atoms with Gasteiger partial charge >= 0.3 is 0 Å². The number of likely N-dealkylation sites (tertiary alicyclic amines) is 1. The monoisotopic (exact) mass is 383 g/mol. The highest BCUT2D eigenvalue weighted by atomic mass is 16.5. The molecule has 1 amide bonds. The molecule has 0 aliphatic carbocycles. The SMILES string of the molecule is Cc1nc(C2CCN(C(=O)[C@H]3[C@@H]4CNC[C@@H](C4)c4cccc(=O)n43)CC2)no1. The molecule has 3 aliphatic heterocycles. The average molecular weight is 383 g/mol. The molecule has 8 heteroatoms. The standard InChI is InChI=1S/C20H25N5O3/c1-12-22-19(23-28-12)13-5-7-24(8-6-13)20(27)18-15-9-14(10-21-11-15)16-3-2-4-17(26)25(16)18/h2-4,13-15,18,21H,5-11H2,1H3/t14-,15+,18-/m1/s1. The Bertz CT molecular complexity index is 943. The van der Waals surface area contributed by atoms with Crippen molar-refractivity contribution in [3.63, 3.8) is 0 Å². The summed E-state index contributed by atoms with van der Waals surface area (Å²) >= 11 is 0. The van der Waals surface area contributed by atoms with Crippen LogP contribution in [-0.2, 0) is 4.79 Å². The van der Waals surface area contributed by atoms with E-state index >= 15 is 0 Å². The fourth-order valence-electron chi connectivity index (χ4n) is 5.14. The number of carbonyl (C=O) groups excluding carboxylic acids is 1. The quantitative estimate of drug-likeness (QED) is 0.837. The molecule has 1 N–H and O–H groups in total. The fraction of sp³-hybridized carbons (Fsp3) is 0.600. The van der Waals surface area contributed by atoms with Crippen LogP contribution in [0.3, 0.4) is 0 Å². The van der Waals surface area contributed by atoms with Crippen LogP contribution >= 0.6 is 0 Å². The van der Waals surface area contributed by atoms with Gasteiger partial charge in [-0.05, 0) is 25.3 Å². The molecule has 0 aromatic carbocycles. The number of rotatable bonds is 2. The number of fused-ring (bicyclic) bond motifs is 4. The normalized spacial score (nSPS) is 27.5. The summed E-state index contributed by atoms with van der Waals surface area (Å²) < 4.78 is 6.87. The number of aryl methyl sites for hydroxylation is 1. The molecule has 2 saturated heterocycles. The summed E-state index contributed by atoms with van der Waals surface area (Å²) in [5, 5.41) is 7.49. The second kappa shape index (κ2) is 6.84. The first kappa shape index (κ1) is 17.6. The number of hydrogen-bond donors (Lipinski definition) is 1. The Balaban J connectivity index is 1.38. The van der Waals surface area contributed by atoms with Gasteiger partial charge in [0, 0.05) is 62.6 Å². The van der Waals surface area contributed by atoms with Crippen molar-refractivity contribution in [2.24, 2.45) is 5.92 Å². The molecule has 5 rings (SSSR count). The van der Waals surface area contributed by atoms with Gasteiger partial charge < -0.3 is 14.7 Å². The summed E-state index contributed by atoms with van der Waals surface area (Å²) in [7, 11) is 0. The van der Waals surface area contributed by atoms with E-state index in [0.29, 0.717) is 24.9 Å². The highest BCUT2D eigenvalue weighted by Crippen LogP contribution is 2.40. The maximum absolute atomic E-state index is 13.5. The number of piperidine rings is 2. The van der Waals surface area contributed by atoms with Crippen molar-refractivity contribution in [3.8, 4) is 0 Å². The molecule has 8 nitrogen and oxygen atoms in total. The Kier molecular flexibility index (Phi) is 4.30. The van der Waals surface area contributed by atoms with Crippen molar-refractivity contribution in [2.75, 3.05) is 26.2 Å². The molecular formula is C20H25N5O3. The van der Waals surface area contributed by atoms with Crippen LogP contribution in [0.1, 0.15) is 54.5 Å². The molecule has 2 fully saturated rings. The van der Waals surface area contributed by atoms with Crippen molar-refractivity contribution in [3.05, 3.63) is 46.0 Å². The highest BCUT2D eigenvalue weighted by molar-refractivity contribution is 5.81. The lowest BCUT2D eigenvalue weighted by atomic mass is 9.78. The summed E-state index contributed by atoms with van der Waals surface area (Å²) in [5.74, 6) is 2.09. The highest BCUT2D eigenvalue weighted by Gasteiger charge is 2.43. The minimum Gasteiger partial charge on any atom is -0.341 e. The van der Waals surface area contributed by atoms with E-state index in [1.807, 2.05) is 17.0 Å². The molecule has 0 spiro atoms. The van der Waals surface area contributed by atoms with Gasteiger partial charge in [0.05, 0.1) is 0 Å². The molecule has 0 radical (unpaired) electrons. The van der Waals surface area contributed by atoms with Gasteiger partial charge in [0.1, 0.15) is 6.04 Å². The largest absolute Gasteiger partial charge is 0.341 e. The molecule has 28 heavy (non-hydrogen) atoms. The van der Waals surface area contributed by atoms with E-state index in [9.17, 15) is 9.59 Å². The molecule has 3 aliphatic rings. The van der Waals surface area contributed by atoms with Crippen LogP contribution in [0, 0.1) is 12.8 Å². The number of nitrogens with one attached hydrogen (secondary N) is 1. The molecule has 0 saturated carbocycles. The lowest BCUT2D eigenvalue weighted by Gasteiger charge is -2.44. The summed E-state index contributed by atoms with van der Waals surface area (Å²) in [5.41, 5.74) is 0.927. The van der Waals surface area contributed by atoms with Crippen LogP contribution in [0.4, 0.5) is 0 Å². The lowest BCUT2D eigenvalue weighted by molar-refractivity contribution is -0.138.